The van der Waals surface area contributed by atoms with Gasteiger partial charge in [0.15, 0.2) is 0 Å². The molecule has 0 N–H and O–H groups in total. The molecule has 0 bridgehead atoms. The van der Waals surface area contributed by atoms with Gasteiger partial charge in [-0.3, -0.25) is 9.78 Å². The van der Waals surface area contributed by atoms with E-state index in [-0.39, 0.29) is 12.3 Å². The third-order valence-corrected chi connectivity index (χ3v) is 6.47. The number of nitrogens with zero attached hydrogens (tertiary/aromatic N) is 2. The Morgan fingerprint density at radius 2 is 1.71 bits per heavy atom. The Balaban J connectivity index is 1.81. The van der Waals surface area contributed by atoms with Crippen LogP contribution in [-0.4, -0.2) is 41.1 Å². The number of ether oxygens (including phenoxy) is 1. The van der Waals surface area contributed by atoms with Gasteiger partial charge in [0.2, 0.25) is 10.0 Å². The summed E-state index contributed by atoms with van der Waals surface area (Å²) in [4.78, 5) is 16.6. The summed E-state index contributed by atoms with van der Waals surface area (Å²) < 4.78 is 32.1. The van der Waals surface area contributed by atoms with Crippen molar-refractivity contribution < 1.29 is 17.9 Å². The first-order chi connectivity index (χ1) is 13.2. The van der Waals surface area contributed by atoms with Crippen molar-refractivity contribution in [1.82, 2.24) is 9.29 Å². The molecule has 1 aromatic carbocycles. The molecule has 150 valence electrons. The van der Waals surface area contributed by atoms with E-state index in [1.165, 1.54) is 4.31 Å². The predicted octanol–water partition coefficient (Wildman–Crippen LogP) is 3.38. The standard InChI is InChI=1S/C21H26N2O4S/c1-21(2,3)27-20(24)19-5-4-14-28(25,26)23(19)15-16-6-8-17(9-7-16)18-10-12-22-13-11-18/h6-13,19H,4-5,14-15H2,1-3H3/t19-/m1/s1. The molecule has 0 saturated carbocycles. The fourth-order valence-electron chi connectivity index (χ4n) is 3.25. The zero-order valence-electron chi connectivity index (χ0n) is 16.5. The van der Waals surface area contributed by atoms with Crippen LogP contribution < -0.4 is 0 Å². The third kappa shape index (κ3) is 4.97. The topological polar surface area (TPSA) is 76.6 Å². The Bertz CT molecular complexity index is 919. The van der Waals surface area contributed by atoms with Crippen LogP contribution in [0.5, 0.6) is 0 Å². The van der Waals surface area contributed by atoms with Gasteiger partial charge in [0.05, 0.1) is 5.75 Å². The summed E-state index contributed by atoms with van der Waals surface area (Å²) >= 11 is 0. The van der Waals surface area contributed by atoms with Gasteiger partial charge in [-0.05, 0) is 62.4 Å². The quantitative estimate of drug-likeness (QED) is 0.733. The maximum Gasteiger partial charge on any atom is 0.324 e. The Morgan fingerprint density at radius 3 is 2.32 bits per heavy atom. The molecule has 3 rings (SSSR count). The number of carbonyl (C=O) groups is 1. The molecule has 28 heavy (non-hydrogen) atoms. The van der Waals surface area contributed by atoms with Crippen molar-refractivity contribution in [1.29, 1.82) is 0 Å². The normalized spacial score (nSPS) is 19.9. The number of pyridine rings is 1. The number of rotatable bonds is 4. The van der Waals surface area contributed by atoms with E-state index in [9.17, 15) is 13.2 Å². The van der Waals surface area contributed by atoms with Gasteiger partial charge in [-0.1, -0.05) is 24.3 Å². The predicted molar refractivity (Wildman–Crippen MR) is 108 cm³/mol. The van der Waals surface area contributed by atoms with Gasteiger partial charge in [-0.15, -0.1) is 0 Å². The summed E-state index contributed by atoms with van der Waals surface area (Å²) in [5.74, 6) is -0.425. The lowest BCUT2D eigenvalue weighted by atomic mass is 10.0. The minimum Gasteiger partial charge on any atom is -0.459 e. The minimum absolute atomic E-state index is 0.0569. The van der Waals surface area contributed by atoms with Crippen molar-refractivity contribution in [3.8, 4) is 11.1 Å². The van der Waals surface area contributed by atoms with Crippen LogP contribution in [0, 0.1) is 0 Å². The highest BCUT2D eigenvalue weighted by atomic mass is 32.2. The summed E-state index contributed by atoms with van der Waals surface area (Å²) in [7, 11) is -3.51. The van der Waals surface area contributed by atoms with E-state index < -0.39 is 27.6 Å². The lowest BCUT2D eigenvalue weighted by molar-refractivity contribution is -0.160. The number of sulfonamides is 1. The number of hydrogen-bond donors (Lipinski definition) is 0. The molecule has 1 fully saturated rings. The molecule has 0 spiro atoms. The monoisotopic (exact) mass is 402 g/mol. The summed E-state index contributed by atoms with van der Waals surface area (Å²) in [6.07, 6.45) is 4.40. The van der Waals surface area contributed by atoms with Crippen molar-refractivity contribution in [2.45, 2.75) is 51.8 Å². The molecule has 2 aromatic rings. The second-order valence-corrected chi connectivity index (χ2v) is 10.0. The fourth-order valence-corrected chi connectivity index (χ4v) is 4.95. The molecule has 0 radical (unpaired) electrons. The van der Waals surface area contributed by atoms with E-state index in [0.29, 0.717) is 12.8 Å². The van der Waals surface area contributed by atoms with Crippen LogP contribution in [0.25, 0.3) is 11.1 Å². The molecule has 1 saturated heterocycles. The molecule has 0 unspecified atom stereocenters. The van der Waals surface area contributed by atoms with Crippen molar-refractivity contribution in [2.24, 2.45) is 0 Å². The first kappa shape index (κ1) is 20.5. The maximum atomic E-state index is 12.7. The number of carbonyl (C=O) groups excluding carboxylic acids is 1. The Hall–Kier alpha value is -2.25. The summed E-state index contributed by atoms with van der Waals surface area (Å²) in [6.45, 7) is 5.50. The van der Waals surface area contributed by atoms with Gasteiger partial charge < -0.3 is 4.74 Å². The molecule has 1 aliphatic heterocycles. The lowest BCUT2D eigenvalue weighted by Gasteiger charge is -2.35. The van der Waals surface area contributed by atoms with Crippen molar-refractivity contribution >= 4 is 16.0 Å². The van der Waals surface area contributed by atoms with Crippen molar-refractivity contribution in [3.05, 3.63) is 54.4 Å². The highest BCUT2D eigenvalue weighted by Gasteiger charge is 2.40. The number of esters is 1. The molecule has 6 nitrogen and oxygen atoms in total. The van der Waals surface area contributed by atoms with Gasteiger partial charge >= 0.3 is 5.97 Å². The number of aromatic nitrogens is 1. The maximum absolute atomic E-state index is 12.7. The largest absolute Gasteiger partial charge is 0.459 e. The minimum atomic E-state index is -3.51. The molecule has 0 aliphatic carbocycles. The van der Waals surface area contributed by atoms with E-state index in [4.69, 9.17) is 4.74 Å². The van der Waals surface area contributed by atoms with Crippen molar-refractivity contribution in [2.75, 3.05) is 5.75 Å². The highest BCUT2D eigenvalue weighted by Crippen LogP contribution is 2.27. The summed E-state index contributed by atoms with van der Waals surface area (Å²) in [5.41, 5.74) is 2.24. The second-order valence-electron chi connectivity index (χ2n) is 7.99. The van der Waals surface area contributed by atoms with Crippen LogP contribution in [0.2, 0.25) is 0 Å². The molecule has 1 atom stereocenters. The van der Waals surface area contributed by atoms with Crippen molar-refractivity contribution in [3.63, 3.8) is 0 Å². The third-order valence-electron chi connectivity index (χ3n) is 4.57. The molecule has 7 heteroatoms. The van der Waals surface area contributed by atoms with Crippen LogP contribution in [0.4, 0.5) is 0 Å². The average Bonchev–Trinajstić information content (AvgIpc) is 2.63. The zero-order chi connectivity index (χ0) is 20.4. The molecule has 0 amide bonds. The van der Waals surface area contributed by atoms with Crippen LogP contribution in [0.3, 0.4) is 0 Å². The van der Waals surface area contributed by atoms with E-state index in [0.717, 1.165) is 16.7 Å². The Kier molecular flexibility index (Phi) is 5.86. The van der Waals surface area contributed by atoms with E-state index >= 15 is 0 Å². The van der Waals surface area contributed by atoms with E-state index in [1.807, 2.05) is 36.4 Å². The average molecular weight is 403 g/mol. The Morgan fingerprint density at radius 1 is 1.11 bits per heavy atom. The van der Waals surface area contributed by atoms with Crippen LogP contribution in [0.15, 0.2) is 48.8 Å². The molecular weight excluding hydrogens is 376 g/mol. The molecule has 1 aromatic heterocycles. The van der Waals surface area contributed by atoms with Gasteiger partial charge in [0, 0.05) is 18.9 Å². The first-order valence-electron chi connectivity index (χ1n) is 9.37. The van der Waals surface area contributed by atoms with Gasteiger partial charge in [0.1, 0.15) is 11.6 Å². The van der Waals surface area contributed by atoms with Crippen LogP contribution >= 0.6 is 0 Å². The molecule has 1 aliphatic rings. The Labute approximate surface area is 166 Å². The van der Waals surface area contributed by atoms with Crippen LogP contribution in [-0.2, 0) is 26.1 Å². The van der Waals surface area contributed by atoms with Gasteiger partial charge in [0.25, 0.3) is 0 Å². The SMILES string of the molecule is CC(C)(C)OC(=O)[C@H]1CCCS(=O)(=O)N1Cc1ccc(-c2ccncc2)cc1. The van der Waals surface area contributed by atoms with E-state index in [2.05, 4.69) is 4.98 Å². The number of hydrogen-bond acceptors (Lipinski definition) is 5. The van der Waals surface area contributed by atoms with Gasteiger partial charge in [-0.25, -0.2) is 8.42 Å². The molecular formula is C21H26N2O4S. The fraction of sp³-hybridized carbons (Fsp3) is 0.429. The lowest BCUT2D eigenvalue weighted by Crippen LogP contribution is -2.50. The summed E-state index contributed by atoms with van der Waals surface area (Å²) in [5, 5.41) is 0. The van der Waals surface area contributed by atoms with E-state index in [1.54, 1.807) is 33.2 Å². The highest BCUT2D eigenvalue weighted by molar-refractivity contribution is 7.89. The van der Waals surface area contributed by atoms with Crippen LogP contribution in [0.1, 0.15) is 39.2 Å². The second kappa shape index (κ2) is 8.01. The first-order valence-corrected chi connectivity index (χ1v) is 11.0. The van der Waals surface area contributed by atoms with Gasteiger partial charge in [-0.2, -0.15) is 4.31 Å². The molecule has 2 heterocycles. The number of benzene rings is 1. The zero-order valence-corrected chi connectivity index (χ0v) is 17.3. The summed E-state index contributed by atoms with van der Waals surface area (Å²) in [6, 6.07) is 10.7. The smallest absolute Gasteiger partial charge is 0.324 e.